The fourth-order valence-electron chi connectivity index (χ4n) is 2.61. The number of nitrogens with zero attached hydrogens (tertiary/aromatic N) is 2. The number of benzene rings is 1. The largest absolute Gasteiger partial charge is 0.481 e. The molecule has 6 heteroatoms. The zero-order chi connectivity index (χ0) is 14.9. The highest BCUT2D eigenvalue weighted by atomic mass is 16.6. The number of carboxylic acid groups (broad SMARTS) is 1. The van der Waals surface area contributed by atoms with Gasteiger partial charge in [0, 0.05) is 24.8 Å². The van der Waals surface area contributed by atoms with Gasteiger partial charge in [-0.05, 0) is 32.8 Å². The van der Waals surface area contributed by atoms with E-state index in [1.54, 1.807) is 19.9 Å². The van der Waals surface area contributed by atoms with E-state index in [-0.39, 0.29) is 10.6 Å². The van der Waals surface area contributed by atoms with Gasteiger partial charge in [-0.3, -0.25) is 14.9 Å². The molecule has 0 radical (unpaired) electrons. The van der Waals surface area contributed by atoms with Crippen LogP contribution in [0.2, 0.25) is 0 Å². The molecule has 108 valence electrons. The van der Waals surface area contributed by atoms with Crippen LogP contribution in [-0.4, -0.2) is 29.1 Å². The predicted molar refractivity (Wildman–Crippen MR) is 75.0 cm³/mol. The summed E-state index contributed by atoms with van der Waals surface area (Å²) in [6.45, 7) is 4.70. The minimum atomic E-state index is -0.770. The average molecular weight is 278 g/mol. The summed E-state index contributed by atoms with van der Waals surface area (Å²) < 4.78 is 0. The maximum atomic E-state index is 11.2. The number of nitro benzene ring substituents is 1. The van der Waals surface area contributed by atoms with E-state index in [2.05, 4.69) is 0 Å². The Morgan fingerprint density at radius 3 is 2.50 bits per heavy atom. The molecule has 0 aliphatic carbocycles. The first-order chi connectivity index (χ1) is 9.35. The average Bonchev–Trinajstić information content (AvgIpc) is 2.40. The maximum Gasteiger partial charge on any atom is 0.309 e. The Balaban J connectivity index is 2.21. The van der Waals surface area contributed by atoms with Crippen molar-refractivity contribution in [1.29, 1.82) is 0 Å². The van der Waals surface area contributed by atoms with Crippen LogP contribution < -0.4 is 4.90 Å². The number of piperidine rings is 1. The summed E-state index contributed by atoms with van der Waals surface area (Å²) >= 11 is 0. The van der Waals surface area contributed by atoms with Gasteiger partial charge in [-0.2, -0.15) is 0 Å². The smallest absolute Gasteiger partial charge is 0.309 e. The van der Waals surface area contributed by atoms with E-state index in [0.717, 1.165) is 5.69 Å². The molecule has 1 saturated heterocycles. The van der Waals surface area contributed by atoms with Crippen LogP contribution in [-0.2, 0) is 4.79 Å². The van der Waals surface area contributed by atoms with Crippen molar-refractivity contribution in [3.05, 3.63) is 33.9 Å². The van der Waals surface area contributed by atoms with Gasteiger partial charge < -0.3 is 10.0 Å². The molecular formula is C14H18N2O4. The molecule has 0 aromatic heterocycles. The normalized spacial score (nSPS) is 17.8. The highest BCUT2D eigenvalue weighted by molar-refractivity contribution is 5.75. The van der Waals surface area contributed by atoms with E-state index in [0.29, 0.717) is 31.5 Å². The first-order valence-electron chi connectivity index (χ1n) is 6.57. The van der Waals surface area contributed by atoms with E-state index >= 15 is 0 Å². The Morgan fingerprint density at radius 2 is 2.00 bits per heavy atom. The number of nitro groups is 1. The van der Waals surface area contributed by atoms with Crippen LogP contribution in [0.4, 0.5) is 11.4 Å². The summed E-state index contributed by atoms with van der Waals surface area (Å²) in [5.41, 5.74) is 0.877. The second kappa shape index (κ2) is 5.11. The molecule has 1 aliphatic rings. The molecule has 0 spiro atoms. The van der Waals surface area contributed by atoms with Gasteiger partial charge in [0.2, 0.25) is 0 Å². The lowest BCUT2D eigenvalue weighted by atomic mass is 9.80. The van der Waals surface area contributed by atoms with Gasteiger partial charge in [-0.25, -0.2) is 0 Å². The Labute approximate surface area is 117 Å². The molecule has 1 heterocycles. The van der Waals surface area contributed by atoms with Crippen LogP contribution in [0.3, 0.4) is 0 Å². The Bertz CT molecular complexity index is 548. The molecule has 0 atom stereocenters. The number of aliphatic carboxylic acids is 1. The van der Waals surface area contributed by atoms with Gasteiger partial charge in [0.05, 0.1) is 15.9 Å². The van der Waals surface area contributed by atoms with E-state index in [4.69, 9.17) is 0 Å². The van der Waals surface area contributed by atoms with Gasteiger partial charge in [-0.15, -0.1) is 0 Å². The number of anilines is 1. The number of carboxylic acids is 1. The van der Waals surface area contributed by atoms with Crippen molar-refractivity contribution in [3.8, 4) is 0 Å². The molecule has 1 aromatic rings. The zero-order valence-corrected chi connectivity index (χ0v) is 11.6. The Kier molecular flexibility index (Phi) is 3.65. The maximum absolute atomic E-state index is 11.2. The third-order valence-electron chi connectivity index (χ3n) is 4.20. The quantitative estimate of drug-likeness (QED) is 0.678. The molecule has 0 bridgehead atoms. The van der Waals surface area contributed by atoms with Crippen molar-refractivity contribution in [1.82, 2.24) is 0 Å². The molecule has 0 amide bonds. The second-order valence-corrected chi connectivity index (χ2v) is 5.53. The second-order valence-electron chi connectivity index (χ2n) is 5.53. The van der Waals surface area contributed by atoms with Crippen LogP contribution >= 0.6 is 0 Å². The molecule has 0 saturated carbocycles. The fourth-order valence-corrected chi connectivity index (χ4v) is 2.61. The van der Waals surface area contributed by atoms with Gasteiger partial charge in [-0.1, -0.05) is 6.07 Å². The Morgan fingerprint density at radius 1 is 1.40 bits per heavy atom. The molecule has 1 fully saturated rings. The number of hydrogen-bond donors (Lipinski definition) is 1. The SMILES string of the molecule is Cc1c(N2CCC(C)(C(=O)O)CC2)cccc1[N+](=O)[O-]. The number of carbonyl (C=O) groups is 1. The van der Waals surface area contributed by atoms with E-state index in [9.17, 15) is 20.0 Å². The molecule has 1 aromatic carbocycles. The van der Waals surface area contributed by atoms with E-state index in [1.807, 2.05) is 11.0 Å². The highest BCUT2D eigenvalue weighted by Crippen LogP contribution is 2.36. The lowest BCUT2D eigenvalue weighted by Crippen LogP contribution is -2.43. The molecule has 6 nitrogen and oxygen atoms in total. The Hall–Kier alpha value is -2.11. The van der Waals surface area contributed by atoms with Crippen LogP contribution in [0.1, 0.15) is 25.3 Å². The molecular weight excluding hydrogens is 260 g/mol. The van der Waals surface area contributed by atoms with E-state index < -0.39 is 11.4 Å². The van der Waals surface area contributed by atoms with Crippen molar-refractivity contribution in [2.45, 2.75) is 26.7 Å². The molecule has 1 N–H and O–H groups in total. The predicted octanol–water partition coefficient (Wildman–Crippen LogP) is 2.59. The standard InChI is InChI=1S/C14H18N2O4/c1-10-11(4-3-5-12(10)16(19)20)15-8-6-14(2,7-9-15)13(17)18/h3-5H,6-9H2,1-2H3,(H,17,18). The lowest BCUT2D eigenvalue weighted by Gasteiger charge is -2.38. The molecule has 20 heavy (non-hydrogen) atoms. The van der Waals surface area contributed by atoms with Gasteiger partial charge in [0.1, 0.15) is 0 Å². The topological polar surface area (TPSA) is 83.7 Å². The fraction of sp³-hybridized carbons (Fsp3) is 0.500. The summed E-state index contributed by atoms with van der Waals surface area (Å²) in [5.74, 6) is -0.770. The summed E-state index contributed by atoms with van der Waals surface area (Å²) in [7, 11) is 0. The number of hydrogen-bond acceptors (Lipinski definition) is 4. The van der Waals surface area contributed by atoms with Crippen LogP contribution in [0.5, 0.6) is 0 Å². The minimum absolute atomic E-state index is 0.106. The van der Waals surface area contributed by atoms with Crippen LogP contribution in [0.25, 0.3) is 0 Å². The first-order valence-corrected chi connectivity index (χ1v) is 6.57. The third kappa shape index (κ3) is 2.45. The molecule has 2 rings (SSSR count). The minimum Gasteiger partial charge on any atom is -0.481 e. The van der Waals surface area contributed by atoms with Crippen molar-refractivity contribution in [3.63, 3.8) is 0 Å². The van der Waals surface area contributed by atoms with Crippen LogP contribution in [0.15, 0.2) is 18.2 Å². The first kappa shape index (κ1) is 14.3. The molecule has 1 aliphatic heterocycles. The summed E-state index contributed by atoms with van der Waals surface area (Å²) in [4.78, 5) is 23.8. The summed E-state index contributed by atoms with van der Waals surface area (Å²) in [6, 6.07) is 5.02. The van der Waals surface area contributed by atoms with Crippen LogP contribution in [0, 0.1) is 22.5 Å². The van der Waals surface area contributed by atoms with Crippen molar-refractivity contribution >= 4 is 17.3 Å². The monoisotopic (exact) mass is 278 g/mol. The van der Waals surface area contributed by atoms with Crippen molar-refractivity contribution < 1.29 is 14.8 Å². The van der Waals surface area contributed by atoms with Crippen molar-refractivity contribution in [2.75, 3.05) is 18.0 Å². The molecule has 0 unspecified atom stereocenters. The summed E-state index contributed by atoms with van der Waals surface area (Å²) in [6.07, 6.45) is 1.09. The van der Waals surface area contributed by atoms with Gasteiger partial charge >= 0.3 is 5.97 Å². The summed E-state index contributed by atoms with van der Waals surface area (Å²) in [5, 5.41) is 20.2. The third-order valence-corrected chi connectivity index (χ3v) is 4.20. The lowest BCUT2D eigenvalue weighted by molar-refractivity contribution is -0.385. The highest BCUT2D eigenvalue weighted by Gasteiger charge is 2.37. The van der Waals surface area contributed by atoms with Gasteiger partial charge in [0.25, 0.3) is 5.69 Å². The van der Waals surface area contributed by atoms with Gasteiger partial charge in [0.15, 0.2) is 0 Å². The number of rotatable bonds is 3. The zero-order valence-electron chi connectivity index (χ0n) is 11.6. The van der Waals surface area contributed by atoms with Crippen molar-refractivity contribution in [2.24, 2.45) is 5.41 Å². The van der Waals surface area contributed by atoms with E-state index in [1.165, 1.54) is 6.07 Å².